The van der Waals surface area contributed by atoms with Crippen molar-refractivity contribution in [3.8, 4) is 5.75 Å². The van der Waals surface area contributed by atoms with Crippen LogP contribution in [0.5, 0.6) is 5.75 Å². The molecule has 1 aromatic carbocycles. The highest BCUT2D eigenvalue weighted by Gasteiger charge is 2.53. The van der Waals surface area contributed by atoms with Crippen LogP contribution in [-0.4, -0.2) is 12.5 Å². The highest BCUT2D eigenvalue weighted by atomic mass is 35.5. The quantitative estimate of drug-likeness (QED) is 0.738. The van der Waals surface area contributed by atoms with Gasteiger partial charge in [-0.05, 0) is 48.6 Å². The summed E-state index contributed by atoms with van der Waals surface area (Å²) in [6, 6.07) is 8.25. The Bertz CT molecular complexity index is 405. The molecule has 2 aliphatic rings. The van der Waals surface area contributed by atoms with Gasteiger partial charge in [0.2, 0.25) is 0 Å². The maximum Gasteiger partial charge on any atom is 0.122 e. The summed E-state index contributed by atoms with van der Waals surface area (Å²) >= 11 is 6.66. The third kappa shape index (κ3) is 2.25. The van der Waals surface area contributed by atoms with Crippen molar-refractivity contribution in [2.75, 3.05) is 7.11 Å². The zero-order valence-electron chi connectivity index (χ0n) is 10.9. The number of fused-ring (bicyclic) bond motifs is 1. The fourth-order valence-electron chi connectivity index (χ4n) is 3.80. The number of benzene rings is 1. The second-order valence-corrected chi connectivity index (χ2v) is 6.28. The summed E-state index contributed by atoms with van der Waals surface area (Å²) in [6.07, 6.45) is 6.59. The third-order valence-electron chi connectivity index (χ3n) is 4.75. The van der Waals surface area contributed by atoms with Gasteiger partial charge >= 0.3 is 0 Å². The zero-order chi connectivity index (χ0) is 12.5. The number of halogens is 1. The molecule has 2 fully saturated rings. The Labute approximate surface area is 114 Å². The molecule has 98 valence electrons. The van der Waals surface area contributed by atoms with Crippen LogP contribution in [0.25, 0.3) is 0 Å². The Morgan fingerprint density at radius 2 is 1.89 bits per heavy atom. The van der Waals surface area contributed by atoms with Crippen LogP contribution in [-0.2, 0) is 6.42 Å². The summed E-state index contributed by atoms with van der Waals surface area (Å²) in [6.45, 7) is 0. The van der Waals surface area contributed by atoms with Gasteiger partial charge in [0, 0.05) is 5.38 Å². The summed E-state index contributed by atoms with van der Waals surface area (Å²) in [7, 11) is 1.74. The molecule has 3 atom stereocenters. The average Bonchev–Trinajstić information content (AvgIpc) is 3.13. The maximum atomic E-state index is 6.66. The minimum atomic E-state index is 0.286. The fourth-order valence-corrected chi connectivity index (χ4v) is 4.34. The van der Waals surface area contributed by atoms with E-state index in [9.17, 15) is 0 Å². The van der Waals surface area contributed by atoms with E-state index in [0.717, 1.165) is 29.9 Å². The Morgan fingerprint density at radius 1 is 1.22 bits per heavy atom. The third-order valence-corrected chi connectivity index (χ3v) is 5.19. The van der Waals surface area contributed by atoms with Crippen molar-refractivity contribution in [3.05, 3.63) is 29.8 Å². The summed E-state index contributed by atoms with van der Waals surface area (Å²) in [5.41, 5.74) is 1.25. The van der Waals surface area contributed by atoms with Crippen LogP contribution >= 0.6 is 11.6 Å². The van der Waals surface area contributed by atoms with Crippen LogP contribution in [0.2, 0.25) is 0 Å². The number of hydrogen-bond donors (Lipinski definition) is 0. The Kier molecular flexibility index (Phi) is 3.52. The second kappa shape index (κ2) is 5.13. The molecule has 0 spiro atoms. The largest absolute Gasteiger partial charge is 0.496 e. The van der Waals surface area contributed by atoms with Crippen molar-refractivity contribution in [1.29, 1.82) is 0 Å². The highest BCUT2D eigenvalue weighted by molar-refractivity contribution is 6.21. The summed E-state index contributed by atoms with van der Waals surface area (Å²) in [5, 5.41) is 0.286. The molecule has 18 heavy (non-hydrogen) atoms. The van der Waals surface area contributed by atoms with Crippen molar-refractivity contribution in [2.45, 2.75) is 37.5 Å². The van der Waals surface area contributed by atoms with Gasteiger partial charge in [-0.15, -0.1) is 11.6 Å². The molecular weight excluding hydrogens is 244 g/mol. The van der Waals surface area contributed by atoms with E-state index >= 15 is 0 Å². The summed E-state index contributed by atoms with van der Waals surface area (Å²) in [5.74, 6) is 3.60. The van der Waals surface area contributed by atoms with Gasteiger partial charge in [0.15, 0.2) is 0 Å². The predicted octanol–water partition coefficient (Wildman–Crippen LogP) is 4.28. The minimum absolute atomic E-state index is 0.286. The van der Waals surface area contributed by atoms with Crippen LogP contribution in [0.1, 0.15) is 31.2 Å². The molecule has 3 unspecified atom stereocenters. The second-order valence-electron chi connectivity index (χ2n) is 5.72. The van der Waals surface area contributed by atoms with E-state index in [1.807, 2.05) is 12.1 Å². The number of rotatable bonds is 4. The van der Waals surface area contributed by atoms with Gasteiger partial charge in [-0.3, -0.25) is 0 Å². The van der Waals surface area contributed by atoms with Gasteiger partial charge in [0.25, 0.3) is 0 Å². The molecule has 0 bridgehead atoms. The molecular formula is C16H21ClO. The molecule has 2 saturated carbocycles. The molecule has 0 N–H and O–H groups in total. The minimum Gasteiger partial charge on any atom is -0.496 e. The van der Waals surface area contributed by atoms with Crippen LogP contribution in [0, 0.1) is 17.8 Å². The SMILES string of the molecule is COc1ccccc1CC(Cl)C1C2CCCCC21. The number of para-hydroxylation sites is 1. The Hall–Kier alpha value is -0.690. The molecule has 2 heteroatoms. The van der Waals surface area contributed by atoms with Crippen LogP contribution in [0.4, 0.5) is 0 Å². The molecule has 0 amide bonds. The summed E-state index contributed by atoms with van der Waals surface area (Å²) < 4.78 is 5.41. The zero-order valence-corrected chi connectivity index (χ0v) is 11.7. The van der Waals surface area contributed by atoms with E-state index in [4.69, 9.17) is 16.3 Å². The first kappa shape index (κ1) is 12.3. The van der Waals surface area contributed by atoms with Gasteiger partial charge in [0.05, 0.1) is 7.11 Å². The highest BCUT2D eigenvalue weighted by Crippen LogP contribution is 2.58. The molecule has 3 rings (SSSR count). The molecule has 0 aromatic heterocycles. The fraction of sp³-hybridized carbons (Fsp3) is 0.625. The topological polar surface area (TPSA) is 9.23 Å². The van der Waals surface area contributed by atoms with Gasteiger partial charge in [-0.25, -0.2) is 0 Å². The first-order valence-electron chi connectivity index (χ1n) is 7.07. The normalized spacial score (nSPS) is 31.6. The molecule has 1 nitrogen and oxygen atoms in total. The summed E-state index contributed by atoms with van der Waals surface area (Å²) in [4.78, 5) is 0. The van der Waals surface area contributed by atoms with Crippen LogP contribution < -0.4 is 4.74 Å². The number of alkyl halides is 1. The number of methoxy groups -OCH3 is 1. The van der Waals surface area contributed by atoms with Crippen molar-refractivity contribution in [1.82, 2.24) is 0 Å². The smallest absolute Gasteiger partial charge is 0.122 e. The van der Waals surface area contributed by atoms with Crippen molar-refractivity contribution >= 4 is 11.6 Å². The molecule has 1 aromatic rings. The molecule has 0 heterocycles. The van der Waals surface area contributed by atoms with Gasteiger partial charge in [-0.2, -0.15) is 0 Å². The lowest BCUT2D eigenvalue weighted by Crippen LogP contribution is -2.09. The predicted molar refractivity (Wildman–Crippen MR) is 75.3 cm³/mol. The van der Waals surface area contributed by atoms with Crippen LogP contribution in [0.15, 0.2) is 24.3 Å². The van der Waals surface area contributed by atoms with E-state index in [1.165, 1.54) is 31.2 Å². The lowest BCUT2D eigenvalue weighted by atomic mass is 10.0. The molecule has 0 radical (unpaired) electrons. The monoisotopic (exact) mass is 264 g/mol. The molecule has 0 aliphatic heterocycles. The van der Waals surface area contributed by atoms with Gasteiger partial charge < -0.3 is 4.74 Å². The van der Waals surface area contributed by atoms with E-state index in [0.29, 0.717) is 0 Å². The standard InChI is InChI=1S/C16H21ClO/c1-18-15-9-5-2-6-11(15)10-14(17)16-12-7-3-4-8-13(12)16/h2,5-6,9,12-14,16H,3-4,7-8,10H2,1H3. The number of hydrogen-bond acceptors (Lipinski definition) is 1. The van der Waals surface area contributed by atoms with E-state index in [1.54, 1.807) is 7.11 Å². The lowest BCUT2D eigenvalue weighted by molar-refractivity contribution is 0.408. The number of ether oxygens (including phenoxy) is 1. The Balaban J connectivity index is 1.66. The lowest BCUT2D eigenvalue weighted by Gasteiger charge is -2.12. The molecule has 0 saturated heterocycles. The van der Waals surface area contributed by atoms with Crippen molar-refractivity contribution in [3.63, 3.8) is 0 Å². The Morgan fingerprint density at radius 3 is 2.56 bits per heavy atom. The van der Waals surface area contributed by atoms with Crippen molar-refractivity contribution in [2.24, 2.45) is 17.8 Å². The average molecular weight is 265 g/mol. The van der Waals surface area contributed by atoms with Crippen molar-refractivity contribution < 1.29 is 4.74 Å². The molecule has 2 aliphatic carbocycles. The first-order valence-corrected chi connectivity index (χ1v) is 7.51. The van der Waals surface area contributed by atoms with E-state index in [-0.39, 0.29) is 5.38 Å². The van der Waals surface area contributed by atoms with Crippen LogP contribution in [0.3, 0.4) is 0 Å². The van der Waals surface area contributed by atoms with E-state index < -0.39 is 0 Å². The van der Waals surface area contributed by atoms with E-state index in [2.05, 4.69) is 12.1 Å². The maximum absolute atomic E-state index is 6.66. The van der Waals surface area contributed by atoms with Gasteiger partial charge in [-0.1, -0.05) is 31.0 Å². The van der Waals surface area contributed by atoms with Gasteiger partial charge in [0.1, 0.15) is 5.75 Å². The first-order chi connectivity index (χ1) is 8.81.